The van der Waals surface area contributed by atoms with Crippen LogP contribution in [0.4, 0.5) is 0 Å². The van der Waals surface area contributed by atoms with Crippen LogP contribution in [0.25, 0.3) is 0 Å². The van der Waals surface area contributed by atoms with Gasteiger partial charge in [0.25, 0.3) is 0 Å². The number of ether oxygens (including phenoxy) is 2. The number of esters is 2. The third-order valence-electron chi connectivity index (χ3n) is 7.51. The van der Waals surface area contributed by atoms with E-state index in [0.717, 1.165) is 32.1 Å². The van der Waals surface area contributed by atoms with Gasteiger partial charge in [0.15, 0.2) is 0 Å². The van der Waals surface area contributed by atoms with Crippen LogP contribution in [0.15, 0.2) is 0 Å². The van der Waals surface area contributed by atoms with E-state index in [0.29, 0.717) is 38.6 Å². The molecule has 2 saturated carbocycles. The molecule has 0 radical (unpaired) electrons. The summed E-state index contributed by atoms with van der Waals surface area (Å²) in [6.45, 7) is 3.55. The SMILES string of the molecule is CCC(=O)OC(OC(=O)[C@H]1CCC[C@H]1C(=O)N[C@@H](C)C(=O)N1CCC[C@H]1C(=O)O)C1CCCCC1. The van der Waals surface area contributed by atoms with Crippen LogP contribution in [0.5, 0.6) is 0 Å². The van der Waals surface area contributed by atoms with Crippen molar-refractivity contribution < 1.29 is 38.6 Å². The molecule has 2 N–H and O–H groups in total. The Bertz CT molecular complexity index is 809. The first-order valence-electron chi connectivity index (χ1n) is 13.0. The lowest BCUT2D eigenvalue weighted by molar-refractivity contribution is -0.203. The quantitative estimate of drug-likeness (QED) is 0.368. The molecular weight excluding hydrogens is 456 g/mol. The Morgan fingerprint density at radius 2 is 1.60 bits per heavy atom. The van der Waals surface area contributed by atoms with E-state index in [9.17, 15) is 29.1 Å². The monoisotopic (exact) mass is 494 g/mol. The standard InChI is InChI=1S/C25H38N2O8/c1-3-20(28)34-25(16-9-5-4-6-10-16)35-24(33)18-12-7-11-17(18)21(29)26-15(2)22(30)27-14-8-13-19(27)23(31)32/h15-19,25H,3-14H2,1-2H3,(H,26,29)(H,31,32)/t15-,17+,18-,19-,25?/m0/s1. The van der Waals surface area contributed by atoms with Crippen molar-refractivity contribution in [3.63, 3.8) is 0 Å². The lowest BCUT2D eigenvalue weighted by atomic mass is 9.88. The van der Waals surface area contributed by atoms with Crippen LogP contribution in [0.3, 0.4) is 0 Å². The van der Waals surface area contributed by atoms with Crippen molar-refractivity contribution in [3.05, 3.63) is 0 Å². The van der Waals surface area contributed by atoms with Crippen molar-refractivity contribution in [3.8, 4) is 0 Å². The van der Waals surface area contributed by atoms with Gasteiger partial charge in [-0.25, -0.2) is 4.79 Å². The summed E-state index contributed by atoms with van der Waals surface area (Å²) >= 11 is 0. The van der Waals surface area contributed by atoms with Crippen LogP contribution < -0.4 is 5.32 Å². The van der Waals surface area contributed by atoms with E-state index < -0.39 is 59.9 Å². The Labute approximate surface area is 206 Å². The summed E-state index contributed by atoms with van der Waals surface area (Å²) in [6, 6.07) is -1.78. The zero-order valence-electron chi connectivity index (χ0n) is 20.7. The van der Waals surface area contributed by atoms with Crippen LogP contribution in [-0.2, 0) is 33.4 Å². The number of hydrogen-bond donors (Lipinski definition) is 2. The Kier molecular flexibility index (Phi) is 9.51. The number of likely N-dealkylation sites (tertiary alicyclic amines) is 1. The summed E-state index contributed by atoms with van der Waals surface area (Å²) in [4.78, 5) is 63.6. The van der Waals surface area contributed by atoms with Gasteiger partial charge >= 0.3 is 17.9 Å². The van der Waals surface area contributed by atoms with Gasteiger partial charge in [-0.1, -0.05) is 32.6 Å². The summed E-state index contributed by atoms with van der Waals surface area (Å²) in [6.07, 6.45) is 6.57. The molecule has 0 aromatic rings. The average molecular weight is 495 g/mol. The summed E-state index contributed by atoms with van der Waals surface area (Å²) in [5.74, 6) is -4.26. The Morgan fingerprint density at radius 1 is 0.914 bits per heavy atom. The number of nitrogens with one attached hydrogen (secondary N) is 1. The molecule has 3 fully saturated rings. The van der Waals surface area contributed by atoms with E-state index in [2.05, 4.69) is 5.32 Å². The van der Waals surface area contributed by atoms with Crippen molar-refractivity contribution in [1.29, 1.82) is 0 Å². The maximum absolute atomic E-state index is 13.1. The fraction of sp³-hybridized carbons (Fsp3) is 0.800. The maximum Gasteiger partial charge on any atom is 0.326 e. The number of carboxylic acid groups (broad SMARTS) is 1. The lowest BCUT2D eigenvalue weighted by Gasteiger charge is -2.31. The molecule has 0 spiro atoms. The highest BCUT2D eigenvalue weighted by Gasteiger charge is 2.43. The molecule has 2 amide bonds. The van der Waals surface area contributed by atoms with Crippen LogP contribution in [0.2, 0.25) is 0 Å². The molecule has 0 bridgehead atoms. The van der Waals surface area contributed by atoms with E-state index in [-0.39, 0.29) is 12.3 Å². The molecule has 10 heteroatoms. The second-order valence-electron chi connectivity index (χ2n) is 9.95. The van der Waals surface area contributed by atoms with Gasteiger partial charge in [0, 0.05) is 18.9 Å². The van der Waals surface area contributed by atoms with E-state index in [1.165, 1.54) is 11.8 Å². The molecule has 1 saturated heterocycles. The van der Waals surface area contributed by atoms with Crippen LogP contribution in [0.1, 0.15) is 84.5 Å². The van der Waals surface area contributed by atoms with Gasteiger partial charge in [-0.2, -0.15) is 0 Å². The summed E-state index contributed by atoms with van der Waals surface area (Å²) in [5, 5.41) is 12.0. The van der Waals surface area contributed by atoms with Crippen molar-refractivity contribution in [2.24, 2.45) is 17.8 Å². The van der Waals surface area contributed by atoms with Gasteiger partial charge in [-0.05, 0) is 45.4 Å². The van der Waals surface area contributed by atoms with Gasteiger partial charge in [0.05, 0.1) is 11.8 Å². The number of rotatable bonds is 9. The fourth-order valence-electron chi connectivity index (χ4n) is 5.51. The van der Waals surface area contributed by atoms with Crippen LogP contribution in [0, 0.1) is 17.8 Å². The van der Waals surface area contributed by atoms with Crippen LogP contribution in [-0.4, -0.2) is 64.6 Å². The lowest BCUT2D eigenvalue weighted by Crippen LogP contribution is -2.52. The third-order valence-corrected chi connectivity index (χ3v) is 7.51. The summed E-state index contributed by atoms with van der Waals surface area (Å²) in [5.41, 5.74) is 0. The van der Waals surface area contributed by atoms with Crippen molar-refractivity contribution in [2.75, 3.05) is 6.54 Å². The molecule has 0 aromatic carbocycles. The molecule has 1 heterocycles. The maximum atomic E-state index is 13.1. The van der Waals surface area contributed by atoms with Crippen molar-refractivity contribution in [2.45, 2.75) is 103 Å². The minimum atomic E-state index is -1.05. The van der Waals surface area contributed by atoms with E-state index >= 15 is 0 Å². The topological polar surface area (TPSA) is 139 Å². The normalized spacial score (nSPS) is 26.6. The minimum Gasteiger partial charge on any atom is -0.480 e. The zero-order valence-corrected chi connectivity index (χ0v) is 20.7. The zero-order chi connectivity index (χ0) is 25.5. The van der Waals surface area contributed by atoms with Crippen molar-refractivity contribution >= 4 is 29.7 Å². The van der Waals surface area contributed by atoms with Gasteiger partial charge in [0.1, 0.15) is 12.1 Å². The van der Waals surface area contributed by atoms with Gasteiger partial charge < -0.3 is 24.8 Å². The number of amides is 2. The first-order valence-corrected chi connectivity index (χ1v) is 13.0. The number of carboxylic acids is 1. The highest BCUT2D eigenvalue weighted by atomic mass is 16.7. The van der Waals surface area contributed by atoms with Gasteiger partial charge in [-0.3, -0.25) is 19.2 Å². The molecular formula is C25H38N2O8. The molecule has 3 rings (SSSR count). The fourth-order valence-corrected chi connectivity index (χ4v) is 5.51. The predicted octanol–water partition coefficient (Wildman–Crippen LogP) is 2.39. The predicted molar refractivity (Wildman–Crippen MR) is 124 cm³/mol. The highest BCUT2D eigenvalue weighted by molar-refractivity contribution is 5.92. The molecule has 0 aromatic heterocycles. The first-order chi connectivity index (χ1) is 16.7. The number of aliphatic carboxylic acids is 1. The van der Waals surface area contributed by atoms with E-state index in [1.54, 1.807) is 6.92 Å². The van der Waals surface area contributed by atoms with Gasteiger partial charge in [-0.15, -0.1) is 0 Å². The van der Waals surface area contributed by atoms with Crippen LogP contribution >= 0.6 is 0 Å². The molecule has 2 aliphatic carbocycles. The molecule has 3 aliphatic rings. The second kappa shape index (κ2) is 12.4. The molecule has 10 nitrogen and oxygen atoms in total. The largest absolute Gasteiger partial charge is 0.480 e. The number of carbonyl (C=O) groups is 5. The smallest absolute Gasteiger partial charge is 0.326 e. The second-order valence-corrected chi connectivity index (χ2v) is 9.95. The minimum absolute atomic E-state index is 0.0443. The molecule has 1 aliphatic heterocycles. The Hall–Kier alpha value is -2.65. The summed E-state index contributed by atoms with van der Waals surface area (Å²) < 4.78 is 11.2. The average Bonchev–Trinajstić information content (AvgIpc) is 3.53. The van der Waals surface area contributed by atoms with Gasteiger partial charge in [0.2, 0.25) is 18.1 Å². The molecule has 1 unspecified atom stereocenters. The van der Waals surface area contributed by atoms with E-state index in [1.807, 2.05) is 0 Å². The number of hydrogen-bond acceptors (Lipinski definition) is 7. The molecule has 196 valence electrons. The van der Waals surface area contributed by atoms with E-state index in [4.69, 9.17) is 9.47 Å². The molecule has 5 atom stereocenters. The Balaban J connectivity index is 1.61. The number of carbonyl (C=O) groups excluding carboxylic acids is 4. The molecule has 35 heavy (non-hydrogen) atoms. The summed E-state index contributed by atoms with van der Waals surface area (Å²) in [7, 11) is 0. The number of nitrogens with zero attached hydrogens (tertiary/aromatic N) is 1. The first kappa shape index (κ1) is 26.9. The Morgan fingerprint density at radius 3 is 2.26 bits per heavy atom. The van der Waals surface area contributed by atoms with Crippen molar-refractivity contribution in [1.82, 2.24) is 10.2 Å². The third kappa shape index (κ3) is 6.73. The highest BCUT2D eigenvalue weighted by Crippen LogP contribution is 2.35.